The van der Waals surface area contributed by atoms with Crippen molar-refractivity contribution in [1.82, 2.24) is 0 Å². The number of benzene rings is 1. The molecule has 3 heteroatoms. The van der Waals surface area contributed by atoms with Crippen LogP contribution in [-0.4, -0.2) is 12.6 Å². The van der Waals surface area contributed by atoms with Gasteiger partial charge < -0.3 is 10.5 Å². The molecule has 0 bridgehead atoms. The molecule has 0 saturated heterocycles. The second-order valence-electron chi connectivity index (χ2n) is 5.00. The third-order valence-corrected chi connectivity index (χ3v) is 4.39. The highest BCUT2D eigenvalue weighted by Crippen LogP contribution is 2.43. The van der Waals surface area contributed by atoms with Gasteiger partial charge in [-0.25, -0.2) is 0 Å². The predicted molar refractivity (Wildman–Crippen MR) is 78.4 cm³/mol. The van der Waals surface area contributed by atoms with Crippen molar-refractivity contribution >= 4 is 15.9 Å². The van der Waals surface area contributed by atoms with E-state index in [2.05, 4.69) is 40.2 Å². The van der Waals surface area contributed by atoms with Crippen LogP contribution in [0.1, 0.15) is 37.7 Å². The van der Waals surface area contributed by atoms with E-state index in [0.717, 1.165) is 29.5 Å². The molecule has 98 valence electrons. The highest BCUT2D eigenvalue weighted by molar-refractivity contribution is 9.10. The Morgan fingerprint density at radius 2 is 2.11 bits per heavy atom. The molecule has 0 heterocycles. The van der Waals surface area contributed by atoms with Crippen molar-refractivity contribution in [1.29, 1.82) is 0 Å². The molecule has 1 fully saturated rings. The van der Waals surface area contributed by atoms with Crippen LogP contribution < -0.4 is 5.73 Å². The van der Waals surface area contributed by atoms with Gasteiger partial charge in [-0.2, -0.15) is 0 Å². The Morgan fingerprint density at radius 3 is 2.67 bits per heavy atom. The van der Waals surface area contributed by atoms with Gasteiger partial charge in [0.1, 0.15) is 5.76 Å². The van der Waals surface area contributed by atoms with E-state index in [1.54, 1.807) is 7.11 Å². The van der Waals surface area contributed by atoms with E-state index in [9.17, 15) is 0 Å². The molecule has 1 aliphatic carbocycles. The van der Waals surface area contributed by atoms with Crippen LogP contribution in [0, 0.1) is 0 Å². The van der Waals surface area contributed by atoms with Gasteiger partial charge >= 0.3 is 0 Å². The lowest BCUT2D eigenvalue weighted by atomic mass is 9.91. The van der Waals surface area contributed by atoms with E-state index in [4.69, 9.17) is 10.5 Å². The highest BCUT2D eigenvalue weighted by atomic mass is 79.9. The predicted octanol–water partition coefficient (Wildman–Crippen LogP) is 3.96. The Morgan fingerprint density at radius 1 is 1.44 bits per heavy atom. The molecule has 2 atom stereocenters. The lowest BCUT2D eigenvalue weighted by Gasteiger charge is -2.26. The first kappa shape index (κ1) is 13.6. The quantitative estimate of drug-likeness (QED) is 0.858. The number of ether oxygens (including phenoxy) is 1. The van der Waals surface area contributed by atoms with E-state index < -0.39 is 0 Å². The number of nitrogens with two attached hydrogens (primary N) is 1. The molecule has 0 aliphatic heterocycles. The Bertz CT molecular complexity index is 440. The zero-order valence-electron chi connectivity index (χ0n) is 10.9. The first-order valence-corrected chi connectivity index (χ1v) is 7.13. The number of hydrogen-bond donors (Lipinski definition) is 1. The van der Waals surface area contributed by atoms with Crippen molar-refractivity contribution in [3.8, 4) is 0 Å². The molecule has 0 amide bonds. The van der Waals surface area contributed by atoms with E-state index >= 15 is 0 Å². The zero-order chi connectivity index (χ0) is 13.2. The van der Waals surface area contributed by atoms with Crippen molar-refractivity contribution in [2.24, 2.45) is 5.73 Å². The molecule has 1 aromatic carbocycles. The number of allylic oxidation sites excluding steroid dienone is 1. The number of halogens is 1. The first-order valence-electron chi connectivity index (χ1n) is 6.34. The molecule has 18 heavy (non-hydrogen) atoms. The maximum Gasteiger partial charge on any atom is 0.111 e. The Balaban J connectivity index is 2.15. The molecular formula is C15H20BrNO. The third kappa shape index (κ3) is 2.62. The van der Waals surface area contributed by atoms with E-state index in [1.165, 1.54) is 5.56 Å². The summed E-state index contributed by atoms with van der Waals surface area (Å²) in [5.41, 5.74) is 7.56. The van der Waals surface area contributed by atoms with Crippen LogP contribution in [0.15, 0.2) is 40.6 Å². The summed E-state index contributed by atoms with van der Waals surface area (Å²) >= 11 is 3.47. The second-order valence-corrected chi connectivity index (χ2v) is 5.92. The number of rotatable bonds is 3. The molecule has 0 spiro atoms. The SMILES string of the molecule is CC=C(OC)[C@@]1(N)CC[C@@H](c2ccc(Br)cc2)C1. The van der Waals surface area contributed by atoms with Gasteiger partial charge in [0.2, 0.25) is 0 Å². The van der Waals surface area contributed by atoms with Gasteiger partial charge in [0.15, 0.2) is 0 Å². The van der Waals surface area contributed by atoms with Crippen molar-refractivity contribution in [2.75, 3.05) is 7.11 Å². The first-order chi connectivity index (χ1) is 8.59. The molecule has 0 aromatic heterocycles. The minimum Gasteiger partial charge on any atom is -0.499 e. The average molecular weight is 310 g/mol. The summed E-state index contributed by atoms with van der Waals surface area (Å²) in [4.78, 5) is 0. The van der Waals surface area contributed by atoms with E-state index in [1.807, 2.05) is 13.0 Å². The van der Waals surface area contributed by atoms with Crippen LogP contribution in [0.25, 0.3) is 0 Å². The van der Waals surface area contributed by atoms with Gasteiger partial charge in [0, 0.05) is 4.47 Å². The normalized spacial score (nSPS) is 28.4. The monoisotopic (exact) mass is 309 g/mol. The van der Waals surface area contributed by atoms with Gasteiger partial charge in [0.25, 0.3) is 0 Å². The summed E-state index contributed by atoms with van der Waals surface area (Å²) < 4.78 is 6.54. The Hall–Kier alpha value is -0.800. The Labute approximate surface area is 117 Å². The standard InChI is InChI=1S/C15H20BrNO/c1-3-14(18-2)15(17)9-8-12(10-15)11-4-6-13(16)7-5-11/h3-7,12H,8-10,17H2,1-2H3/t12-,15-/m1/s1. The minimum absolute atomic E-state index is 0.290. The largest absolute Gasteiger partial charge is 0.499 e. The lowest BCUT2D eigenvalue weighted by Crippen LogP contribution is -2.39. The molecule has 0 unspecified atom stereocenters. The van der Waals surface area contributed by atoms with Crippen LogP contribution in [0.4, 0.5) is 0 Å². The number of methoxy groups -OCH3 is 1. The third-order valence-electron chi connectivity index (χ3n) is 3.86. The van der Waals surface area contributed by atoms with E-state index in [0.29, 0.717) is 5.92 Å². The zero-order valence-corrected chi connectivity index (χ0v) is 12.5. The van der Waals surface area contributed by atoms with Gasteiger partial charge in [-0.3, -0.25) is 0 Å². The second kappa shape index (κ2) is 5.45. The van der Waals surface area contributed by atoms with Crippen molar-refractivity contribution in [2.45, 2.75) is 37.6 Å². The van der Waals surface area contributed by atoms with Gasteiger partial charge in [-0.15, -0.1) is 0 Å². The van der Waals surface area contributed by atoms with Crippen LogP contribution in [0.2, 0.25) is 0 Å². The minimum atomic E-state index is -0.290. The van der Waals surface area contributed by atoms with E-state index in [-0.39, 0.29) is 5.54 Å². The van der Waals surface area contributed by atoms with Gasteiger partial charge in [-0.05, 0) is 55.9 Å². The smallest absolute Gasteiger partial charge is 0.111 e. The molecule has 2 nitrogen and oxygen atoms in total. The molecule has 1 aromatic rings. The van der Waals surface area contributed by atoms with Crippen LogP contribution >= 0.6 is 15.9 Å². The summed E-state index contributed by atoms with van der Waals surface area (Å²) in [6, 6.07) is 8.56. The maximum atomic E-state index is 6.48. The summed E-state index contributed by atoms with van der Waals surface area (Å²) in [5, 5.41) is 0. The maximum absolute atomic E-state index is 6.48. The van der Waals surface area contributed by atoms with Crippen LogP contribution in [-0.2, 0) is 4.74 Å². The fraction of sp³-hybridized carbons (Fsp3) is 0.467. The summed E-state index contributed by atoms with van der Waals surface area (Å²) in [5.74, 6) is 1.45. The topological polar surface area (TPSA) is 35.2 Å². The fourth-order valence-electron chi connectivity index (χ4n) is 2.93. The van der Waals surface area contributed by atoms with Crippen LogP contribution in [0.5, 0.6) is 0 Å². The van der Waals surface area contributed by atoms with Crippen molar-refractivity contribution < 1.29 is 4.74 Å². The summed E-state index contributed by atoms with van der Waals surface area (Å²) in [6.07, 6.45) is 5.06. The number of hydrogen-bond acceptors (Lipinski definition) is 2. The van der Waals surface area contributed by atoms with Gasteiger partial charge in [-0.1, -0.05) is 28.1 Å². The van der Waals surface area contributed by atoms with Gasteiger partial charge in [0.05, 0.1) is 12.6 Å². The van der Waals surface area contributed by atoms with Crippen molar-refractivity contribution in [3.63, 3.8) is 0 Å². The lowest BCUT2D eigenvalue weighted by molar-refractivity contribution is 0.220. The molecule has 2 rings (SSSR count). The molecule has 0 radical (unpaired) electrons. The van der Waals surface area contributed by atoms with Crippen LogP contribution in [0.3, 0.4) is 0 Å². The molecule has 1 saturated carbocycles. The van der Waals surface area contributed by atoms with Crippen molar-refractivity contribution in [3.05, 3.63) is 46.1 Å². The Kier molecular flexibility index (Phi) is 4.13. The summed E-state index contributed by atoms with van der Waals surface area (Å²) in [6.45, 7) is 1.99. The average Bonchev–Trinajstić information content (AvgIpc) is 2.75. The molecular weight excluding hydrogens is 290 g/mol. The summed E-state index contributed by atoms with van der Waals surface area (Å²) in [7, 11) is 1.71. The molecule has 1 aliphatic rings. The fourth-order valence-corrected chi connectivity index (χ4v) is 3.19. The molecule has 2 N–H and O–H groups in total. The highest BCUT2D eigenvalue weighted by Gasteiger charge is 2.39.